The van der Waals surface area contributed by atoms with Crippen molar-refractivity contribution in [2.45, 2.75) is 32.9 Å². The lowest BCUT2D eigenvalue weighted by molar-refractivity contribution is 0.204. The quantitative estimate of drug-likeness (QED) is 0.787. The second-order valence-corrected chi connectivity index (χ2v) is 5.79. The molecule has 0 aliphatic carbocycles. The predicted molar refractivity (Wildman–Crippen MR) is 82.6 cm³/mol. The summed E-state index contributed by atoms with van der Waals surface area (Å²) in [5, 5.41) is 16.5. The molecule has 0 saturated carbocycles. The Morgan fingerprint density at radius 1 is 1.29 bits per heavy atom. The Morgan fingerprint density at radius 2 is 2.00 bits per heavy atom. The smallest absolute Gasteiger partial charge is 0.134 e. The zero-order valence-electron chi connectivity index (χ0n) is 12.2. The number of aromatic nitrogens is 2. The summed E-state index contributed by atoms with van der Waals surface area (Å²) in [6.07, 6.45) is 0.698. The van der Waals surface area contributed by atoms with Gasteiger partial charge in [-0.05, 0) is 26.8 Å². The van der Waals surface area contributed by atoms with Crippen molar-refractivity contribution in [3.05, 3.63) is 52.5 Å². The lowest BCUT2D eigenvalue weighted by Crippen LogP contribution is -2.13. The zero-order chi connectivity index (χ0) is 15.1. The van der Waals surface area contributed by atoms with Crippen molar-refractivity contribution in [3.63, 3.8) is 0 Å². The molecule has 0 aliphatic heterocycles. The number of furan rings is 1. The average Bonchev–Trinajstić information content (AvgIpc) is 2.97. The van der Waals surface area contributed by atoms with Crippen LogP contribution in [0, 0.1) is 6.92 Å². The van der Waals surface area contributed by atoms with Gasteiger partial charge in [-0.25, -0.2) is 0 Å². The molecule has 21 heavy (non-hydrogen) atoms. The summed E-state index contributed by atoms with van der Waals surface area (Å²) in [6, 6.07) is 7.77. The number of halogens is 1. The predicted octanol–water partition coefficient (Wildman–Crippen LogP) is 4.25. The molecule has 0 bridgehead atoms. The number of aliphatic hydroxyl groups is 1. The van der Waals surface area contributed by atoms with E-state index < -0.39 is 6.10 Å². The Hall–Kier alpha value is -1.78. The number of aryl methyl sites for hydroxylation is 1. The van der Waals surface area contributed by atoms with Gasteiger partial charge in [-0.3, -0.25) is 4.68 Å². The second kappa shape index (κ2) is 5.20. The number of para-hydroxylation sites is 1. The third-order valence-corrected chi connectivity index (χ3v) is 3.92. The molecule has 1 N–H and O–H groups in total. The lowest BCUT2D eigenvalue weighted by atomic mass is 10.0. The summed E-state index contributed by atoms with van der Waals surface area (Å²) in [6.45, 7) is 5.85. The van der Waals surface area contributed by atoms with Crippen molar-refractivity contribution >= 4 is 22.6 Å². The van der Waals surface area contributed by atoms with Crippen molar-refractivity contribution < 1.29 is 9.52 Å². The normalized spacial score (nSPS) is 13.2. The molecular formula is C16H17ClN2O2. The highest BCUT2D eigenvalue weighted by molar-refractivity contribution is 6.31. The van der Waals surface area contributed by atoms with Gasteiger partial charge in [-0.2, -0.15) is 5.10 Å². The van der Waals surface area contributed by atoms with Gasteiger partial charge in [0.1, 0.15) is 17.4 Å². The van der Waals surface area contributed by atoms with Crippen LogP contribution in [0.4, 0.5) is 0 Å². The Kier molecular flexibility index (Phi) is 3.51. The Morgan fingerprint density at radius 3 is 2.71 bits per heavy atom. The minimum atomic E-state index is -0.869. The molecule has 3 aromatic rings. The molecule has 2 heterocycles. The molecule has 2 aromatic heterocycles. The van der Waals surface area contributed by atoms with E-state index in [4.69, 9.17) is 16.0 Å². The number of fused-ring (bicyclic) bond motifs is 1. The van der Waals surface area contributed by atoms with E-state index in [1.807, 2.05) is 45.0 Å². The standard InChI is InChI=1S/C16H17ClN2O2/c1-9(2)19-15(12(17)8-18-19)16(20)14-10(3)21-13-7-5-4-6-11(13)14/h4-9,16,20H,1-3H3. The van der Waals surface area contributed by atoms with E-state index in [-0.39, 0.29) is 6.04 Å². The Balaban J connectivity index is 2.19. The van der Waals surface area contributed by atoms with Gasteiger partial charge in [0.2, 0.25) is 0 Å². The van der Waals surface area contributed by atoms with Crippen molar-refractivity contribution in [3.8, 4) is 0 Å². The van der Waals surface area contributed by atoms with Crippen LogP contribution < -0.4 is 0 Å². The molecule has 3 rings (SSSR count). The second-order valence-electron chi connectivity index (χ2n) is 5.39. The topological polar surface area (TPSA) is 51.2 Å². The number of hydrogen-bond donors (Lipinski definition) is 1. The fourth-order valence-corrected chi connectivity index (χ4v) is 2.92. The molecular weight excluding hydrogens is 288 g/mol. The van der Waals surface area contributed by atoms with Gasteiger partial charge in [0.05, 0.1) is 16.9 Å². The van der Waals surface area contributed by atoms with Crippen molar-refractivity contribution in [1.29, 1.82) is 0 Å². The van der Waals surface area contributed by atoms with Gasteiger partial charge in [-0.15, -0.1) is 0 Å². The minimum Gasteiger partial charge on any atom is -0.461 e. The van der Waals surface area contributed by atoms with E-state index in [1.165, 1.54) is 0 Å². The summed E-state index contributed by atoms with van der Waals surface area (Å²) in [4.78, 5) is 0. The number of nitrogens with zero attached hydrogens (tertiary/aromatic N) is 2. The maximum absolute atomic E-state index is 10.9. The van der Waals surface area contributed by atoms with Crippen LogP contribution in [0.3, 0.4) is 0 Å². The molecule has 1 unspecified atom stereocenters. The third kappa shape index (κ3) is 2.24. The first-order valence-electron chi connectivity index (χ1n) is 6.89. The Bertz CT molecular complexity index is 789. The van der Waals surface area contributed by atoms with E-state index in [1.54, 1.807) is 10.9 Å². The molecule has 1 aromatic carbocycles. The molecule has 0 saturated heterocycles. The molecule has 4 nitrogen and oxygen atoms in total. The number of aliphatic hydroxyl groups excluding tert-OH is 1. The molecule has 1 atom stereocenters. The van der Waals surface area contributed by atoms with Crippen LogP contribution in [0.5, 0.6) is 0 Å². The van der Waals surface area contributed by atoms with Crippen molar-refractivity contribution in [1.82, 2.24) is 9.78 Å². The van der Waals surface area contributed by atoms with Crippen LogP contribution >= 0.6 is 11.6 Å². The van der Waals surface area contributed by atoms with Gasteiger partial charge >= 0.3 is 0 Å². The summed E-state index contributed by atoms with van der Waals surface area (Å²) in [7, 11) is 0. The highest BCUT2D eigenvalue weighted by Crippen LogP contribution is 2.37. The SMILES string of the molecule is Cc1oc2ccccc2c1C(O)c1c(Cl)cnn1C(C)C. The summed E-state index contributed by atoms with van der Waals surface area (Å²) in [5.74, 6) is 0.691. The van der Waals surface area contributed by atoms with E-state index in [9.17, 15) is 5.11 Å². The highest BCUT2D eigenvalue weighted by Gasteiger charge is 2.26. The molecule has 5 heteroatoms. The lowest BCUT2D eigenvalue weighted by Gasteiger charge is -2.16. The highest BCUT2D eigenvalue weighted by atomic mass is 35.5. The van der Waals surface area contributed by atoms with Crippen LogP contribution in [-0.2, 0) is 0 Å². The molecule has 110 valence electrons. The van der Waals surface area contributed by atoms with Crippen LogP contribution in [0.25, 0.3) is 11.0 Å². The fraction of sp³-hybridized carbons (Fsp3) is 0.312. The maximum Gasteiger partial charge on any atom is 0.134 e. The molecule has 0 fully saturated rings. The first-order valence-corrected chi connectivity index (χ1v) is 7.27. The average molecular weight is 305 g/mol. The monoisotopic (exact) mass is 304 g/mol. The largest absolute Gasteiger partial charge is 0.461 e. The van der Waals surface area contributed by atoms with Gasteiger partial charge in [-0.1, -0.05) is 29.8 Å². The number of benzene rings is 1. The van der Waals surface area contributed by atoms with Crippen LogP contribution in [-0.4, -0.2) is 14.9 Å². The van der Waals surface area contributed by atoms with E-state index in [0.717, 1.165) is 16.5 Å². The van der Waals surface area contributed by atoms with E-state index in [2.05, 4.69) is 5.10 Å². The number of rotatable bonds is 3. The van der Waals surface area contributed by atoms with Crippen LogP contribution in [0.15, 0.2) is 34.9 Å². The van der Waals surface area contributed by atoms with Crippen molar-refractivity contribution in [2.24, 2.45) is 0 Å². The van der Waals surface area contributed by atoms with Crippen molar-refractivity contribution in [2.75, 3.05) is 0 Å². The van der Waals surface area contributed by atoms with Gasteiger partial charge in [0.25, 0.3) is 0 Å². The summed E-state index contributed by atoms with van der Waals surface area (Å²) < 4.78 is 7.47. The van der Waals surface area contributed by atoms with Gasteiger partial charge in [0, 0.05) is 17.0 Å². The third-order valence-electron chi connectivity index (χ3n) is 3.63. The Labute approximate surface area is 127 Å². The molecule has 0 radical (unpaired) electrons. The minimum absolute atomic E-state index is 0.112. The first-order chi connectivity index (χ1) is 10.0. The zero-order valence-corrected chi connectivity index (χ0v) is 12.9. The first kappa shape index (κ1) is 14.2. The number of hydrogen-bond acceptors (Lipinski definition) is 3. The molecule has 0 aliphatic rings. The van der Waals surface area contributed by atoms with Gasteiger partial charge < -0.3 is 9.52 Å². The van der Waals surface area contributed by atoms with E-state index >= 15 is 0 Å². The molecule has 0 spiro atoms. The fourth-order valence-electron chi connectivity index (χ4n) is 2.68. The van der Waals surface area contributed by atoms with E-state index in [0.29, 0.717) is 16.5 Å². The van der Waals surface area contributed by atoms with Crippen LogP contribution in [0.2, 0.25) is 5.02 Å². The van der Waals surface area contributed by atoms with Crippen LogP contribution in [0.1, 0.15) is 43.0 Å². The molecule has 0 amide bonds. The van der Waals surface area contributed by atoms with Gasteiger partial charge in [0.15, 0.2) is 0 Å². The summed E-state index contributed by atoms with van der Waals surface area (Å²) in [5.41, 5.74) is 2.10. The summed E-state index contributed by atoms with van der Waals surface area (Å²) >= 11 is 6.23. The maximum atomic E-state index is 10.9.